The fourth-order valence-electron chi connectivity index (χ4n) is 0.705. The number of carbonyl (C=O) groups excluding carboxylic acids is 1. The summed E-state index contributed by atoms with van der Waals surface area (Å²) in [6.07, 6.45) is 5.56. The number of rotatable bonds is 2. The van der Waals surface area contributed by atoms with Crippen LogP contribution in [0.15, 0.2) is 24.8 Å². The molecule has 0 aromatic rings. The first kappa shape index (κ1) is 6.08. The highest BCUT2D eigenvalue weighted by atomic mass is 16.5. The highest BCUT2D eigenvalue weighted by molar-refractivity contribution is 5.84. The van der Waals surface area contributed by atoms with Crippen LogP contribution in [0.2, 0.25) is 0 Å². The summed E-state index contributed by atoms with van der Waals surface area (Å²) in [4.78, 5) is 10.4. The van der Waals surface area contributed by atoms with Crippen LogP contribution in [-0.4, -0.2) is 12.1 Å². The first-order valence-corrected chi connectivity index (χ1v) is 2.82. The maximum atomic E-state index is 10.4. The van der Waals surface area contributed by atoms with E-state index in [1.807, 2.05) is 0 Å². The molecule has 0 fully saturated rings. The van der Waals surface area contributed by atoms with E-state index in [9.17, 15) is 4.79 Å². The van der Waals surface area contributed by atoms with Crippen LogP contribution in [0.1, 0.15) is 6.42 Å². The molecule has 0 aliphatic carbocycles. The van der Waals surface area contributed by atoms with Gasteiger partial charge in [-0.05, 0) is 6.08 Å². The van der Waals surface area contributed by atoms with Gasteiger partial charge >= 0.3 is 5.97 Å². The standard InChI is InChI=1S/C7H8O2/c1-2-3-6-4-5-7(8)9-6/h2,4-6H,1,3H2. The van der Waals surface area contributed by atoms with E-state index >= 15 is 0 Å². The van der Waals surface area contributed by atoms with Gasteiger partial charge in [-0.15, -0.1) is 6.58 Å². The van der Waals surface area contributed by atoms with Gasteiger partial charge in [-0.25, -0.2) is 4.79 Å². The van der Waals surface area contributed by atoms with Gasteiger partial charge in [-0.2, -0.15) is 0 Å². The summed E-state index contributed by atoms with van der Waals surface area (Å²) in [7, 11) is 0. The molecule has 0 N–H and O–H groups in total. The topological polar surface area (TPSA) is 26.3 Å². The zero-order valence-corrected chi connectivity index (χ0v) is 5.04. The van der Waals surface area contributed by atoms with Crippen molar-refractivity contribution in [3.05, 3.63) is 24.8 Å². The van der Waals surface area contributed by atoms with Crippen LogP contribution < -0.4 is 0 Å². The molecule has 1 atom stereocenters. The molecular weight excluding hydrogens is 116 g/mol. The number of carbonyl (C=O) groups is 1. The highest BCUT2D eigenvalue weighted by Gasteiger charge is 2.13. The second-order valence-electron chi connectivity index (χ2n) is 1.86. The molecule has 0 aromatic carbocycles. The minimum Gasteiger partial charge on any atom is -0.455 e. The molecule has 1 heterocycles. The molecule has 48 valence electrons. The molecule has 0 amide bonds. The average Bonchev–Trinajstić information content (AvgIpc) is 2.17. The van der Waals surface area contributed by atoms with E-state index in [0.717, 1.165) is 0 Å². The molecule has 0 radical (unpaired) electrons. The highest BCUT2D eigenvalue weighted by Crippen LogP contribution is 2.08. The Balaban J connectivity index is 2.40. The van der Waals surface area contributed by atoms with E-state index in [4.69, 9.17) is 4.74 Å². The van der Waals surface area contributed by atoms with Crippen LogP contribution in [0.25, 0.3) is 0 Å². The van der Waals surface area contributed by atoms with Gasteiger partial charge in [-0.1, -0.05) is 6.08 Å². The van der Waals surface area contributed by atoms with Crippen LogP contribution in [-0.2, 0) is 9.53 Å². The Hall–Kier alpha value is -1.05. The zero-order chi connectivity index (χ0) is 6.69. The lowest BCUT2D eigenvalue weighted by Gasteiger charge is -2.02. The first-order chi connectivity index (χ1) is 4.33. The van der Waals surface area contributed by atoms with Crippen LogP contribution >= 0.6 is 0 Å². The Morgan fingerprint density at radius 3 is 3.11 bits per heavy atom. The molecule has 0 bridgehead atoms. The van der Waals surface area contributed by atoms with E-state index < -0.39 is 0 Å². The van der Waals surface area contributed by atoms with Gasteiger partial charge in [0.25, 0.3) is 0 Å². The largest absolute Gasteiger partial charge is 0.455 e. The third-order valence-electron chi connectivity index (χ3n) is 1.11. The third-order valence-corrected chi connectivity index (χ3v) is 1.11. The zero-order valence-electron chi connectivity index (χ0n) is 5.04. The summed E-state index contributed by atoms with van der Waals surface area (Å²) in [5.74, 6) is -0.248. The predicted molar refractivity (Wildman–Crippen MR) is 33.8 cm³/mol. The first-order valence-electron chi connectivity index (χ1n) is 2.82. The van der Waals surface area contributed by atoms with Gasteiger partial charge in [-0.3, -0.25) is 0 Å². The van der Waals surface area contributed by atoms with Crippen molar-refractivity contribution in [3.8, 4) is 0 Å². The predicted octanol–water partition coefficient (Wildman–Crippen LogP) is 1.04. The molecule has 9 heavy (non-hydrogen) atoms. The van der Waals surface area contributed by atoms with Crippen molar-refractivity contribution in [2.24, 2.45) is 0 Å². The van der Waals surface area contributed by atoms with Crippen molar-refractivity contribution in [2.75, 3.05) is 0 Å². The van der Waals surface area contributed by atoms with Crippen LogP contribution in [0.3, 0.4) is 0 Å². The molecular formula is C7H8O2. The van der Waals surface area contributed by atoms with Crippen LogP contribution in [0.4, 0.5) is 0 Å². The van der Waals surface area contributed by atoms with Crippen molar-refractivity contribution >= 4 is 5.97 Å². The number of hydrogen-bond donors (Lipinski definition) is 0. The fourth-order valence-corrected chi connectivity index (χ4v) is 0.705. The SMILES string of the molecule is C=CCC1C=CC(=O)O1. The van der Waals surface area contributed by atoms with Gasteiger partial charge in [0.2, 0.25) is 0 Å². The van der Waals surface area contributed by atoms with Crippen molar-refractivity contribution in [1.29, 1.82) is 0 Å². The summed E-state index contributed by atoms with van der Waals surface area (Å²) in [6.45, 7) is 3.52. The molecule has 0 saturated carbocycles. The monoisotopic (exact) mass is 124 g/mol. The molecule has 1 aliphatic rings. The Morgan fingerprint density at radius 2 is 2.67 bits per heavy atom. The Bertz CT molecular complexity index is 158. The summed E-state index contributed by atoms with van der Waals surface area (Å²) >= 11 is 0. The quantitative estimate of drug-likeness (QED) is 0.406. The van der Waals surface area contributed by atoms with Crippen LogP contribution in [0, 0.1) is 0 Å². The Kier molecular flexibility index (Phi) is 1.68. The average molecular weight is 124 g/mol. The van der Waals surface area contributed by atoms with Gasteiger partial charge in [0, 0.05) is 12.5 Å². The number of hydrogen-bond acceptors (Lipinski definition) is 2. The van der Waals surface area contributed by atoms with Crippen molar-refractivity contribution in [3.63, 3.8) is 0 Å². The molecule has 1 unspecified atom stereocenters. The van der Waals surface area contributed by atoms with Gasteiger partial charge in [0.15, 0.2) is 0 Å². The molecule has 1 aliphatic heterocycles. The Morgan fingerprint density at radius 1 is 1.89 bits per heavy atom. The summed E-state index contributed by atoms with van der Waals surface area (Å²) in [5.41, 5.74) is 0. The third kappa shape index (κ3) is 1.42. The van der Waals surface area contributed by atoms with E-state index in [2.05, 4.69) is 6.58 Å². The number of ether oxygens (including phenoxy) is 1. The number of cyclic esters (lactones) is 1. The normalized spacial score (nSPS) is 24.0. The molecule has 2 heteroatoms. The second kappa shape index (κ2) is 2.49. The van der Waals surface area contributed by atoms with Crippen molar-refractivity contribution < 1.29 is 9.53 Å². The van der Waals surface area contributed by atoms with Gasteiger partial charge < -0.3 is 4.74 Å². The molecule has 0 saturated heterocycles. The minimum atomic E-state index is -0.248. The van der Waals surface area contributed by atoms with E-state index in [-0.39, 0.29) is 12.1 Å². The van der Waals surface area contributed by atoms with Gasteiger partial charge in [0.1, 0.15) is 6.10 Å². The van der Waals surface area contributed by atoms with Crippen molar-refractivity contribution in [2.45, 2.75) is 12.5 Å². The summed E-state index contributed by atoms with van der Waals surface area (Å²) in [5, 5.41) is 0. The summed E-state index contributed by atoms with van der Waals surface area (Å²) < 4.78 is 4.78. The van der Waals surface area contributed by atoms with E-state index in [1.54, 1.807) is 12.2 Å². The Labute approximate surface area is 53.8 Å². The maximum absolute atomic E-state index is 10.4. The second-order valence-corrected chi connectivity index (χ2v) is 1.86. The minimum absolute atomic E-state index is 0.0602. The molecule has 0 aromatic heterocycles. The van der Waals surface area contributed by atoms with E-state index in [0.29, 0.717) is 6.42 Å². The van der Waals surface area contributed by atoms with Gasteiger partial charge in [0.05, 0.1) is 0 Å². The molecule has 1 rings (SSSR count). The molecule has 0 spiro atoms. The van der Waals surface area contributed by atoms with E-state index in [1.165, 1.54) is 6.08 Å². The lowest BCUT2D eigenvalue weighted by molar-refractivity contribution is -0.138. The fraction of sp³-hybridized carbons (Fsp3) is 0.286. The number of esters is 1. The van der Waals surface area contributed by atoms with Crippen LogP contribution in [0.5, 0.6) is 0 Å². The summed E-state index contributed by atoms with van der Waals surface area (Å²) in [6, 6.07) is 0. The lowest BCUT2D eigenvalue weighted by Crippen LogP contribution is -2.05. The van der Waals surface area contributed by atoms with Crippen molar-refractivity contribution in [1.82, 2.24) is 0 Å². The molecule has 2 nitrogen and oxygen atoms in total. The lowest BCUT2D eigenvalue weighted by atomic mass is 10.2. The maximum Gasteiger partial charge on any atom is 0.331 e. The smallest absolute Gasteiger partial charge is 0.331 e.